The number of piperazine rings is 1. The summed E-state index contributed by atoms with van der Waals surface area (Å²) in [4.78, 5) is 22.2. The van der Waals surface area contributed by atoms with Crippen LogP contribution in [-0.4, -0.2) is 54.0 Å². The Labute approximate surface area is 198 Å². The second-order valence-electron chi connectivity index (χ2n) is 8.33. The molecule has 5 nitrogen and oxygen atoms in total. The number of fused-ring (bicyclic) bond motifs is 1. The first-order chi connectivity index (χ1) is 16.2. The van der Waals surface area contributed by atoms with E-state index in [1.165, 1.54) is 10.8 Å². The lowest BCUT2D eigenvalue weighted by molar-refractivity contribution is -0.132. The number of benzene rings is 3. The second-order valence-corrected chi connectivity index (χ2v) is 9.27. The van der Waals surface area contributed by atoms with E-state index in [1.54, 1.807) is 18.4 Å². The van der Waals surface area contributed by atoms with E-state index in [2.05, 4.69) is 34.5 Å². The van der Waals surface area contributed by atoms with Gasteiger partial charge in [0, 0.05) is 37.1 Å². The minimum atomic E-state index is 0.210. The van der Waals surface area contributed by atoms with Crippen molar-refractivity contribution in [3.8, 4) is 17.0 Å². The van der Waals surface area contributed by atoms with Gasteiger partial charge < -0.3 is 9.64 Å². The van der Waals surface area contributed by atoms with E-state index in [-0.39, 0.29) is 5.91 Å². The SMILES string of the molecule is COc1ccc(-c2csc(CN3CCN(C(=O)Cc4cccc5ccccc45)CC3)n2)cc1. The molecule has 0 aliphatic carbocycles. The number of methoxy groups -OCH3 is 1. The van der Waals surface area contributed by atoms with Gasteiger partial charge in [-0.15, -0.1) is 11.3 Å². The minimum Gasteiger partial charge on any atom is -0.497 e. The van der Waals surface area contributed by atoms with Crippen LogP contribution in [0.3, 0.4) is 0 Å². The van der Waals surface area contributed by atoms with Gasteiger partial charge in [0.2, 0.25) is 5.91 Å². The Balaban J connectivity index is 1.16. The van der Waals surface area contributed by atoms with Crippen LogP contribution in [0, 0.1) is 0 Å². The van der Waals surface area contributed by atoms with Crippen molar-refractivity contribution >= 4 is 28.0 Å². The highest BCUT2D eigenvalue weighted by Crippen LogP contribution is 2.25. The summed E-state index contributed by atoms with van der Waals surface area (Å²) in [6.07, 6.45) is 0.457. The van der Waals surface area contributed by atoms with Crippen molar-refractivity contribution in [1.29, 1.82) is 0 Å². The van der Waals surface area contributed by atoms with Gasteiger partial charge in [-0.2, -0.15) is 0 Å². The highest BCUT2D eigenvalue weighted by atomic mass is 32.1. The number of nitrogens with zero attached hydrogens (tertiary/aromatic N) is 3. The average Bonchev–Trinajstić information content (AvgIpc) is 3.33. The van der Waals surface area contributed by atoms with Crippen LogP contribution in [0.2, 0.25) is 0 Å². The number of thiazole rings is 1. The molecule has 0 N–H and O–H groups in total. The molecule has 1 saturated heterocycles. The lowest BCUT2D eigenvalue weighted by Crippen LogP contribution is -2.48. The lowest BCUT2D eigenvalue weighted by atomic mass is 10.0. The predicted molar refractivity (Wildman–Crippen MR) is 134 cm³/mol. The first kappa shape index (κ1) is 21.6. The van der Waals surface area contributed by atoms with Crippen molar-refractivity contribution in [3.05, 3.63) is 82.7 Å². The summed E-state index contributed by atoms with van der Waals surface area (Å²) in [5, 5.41) is 5.58. The molecular formula is C27H27N3O2S. The fourth-order valence-electron chi connectivity index (χ4n) is 4.35. The molecule has 6 heteroatoms. The topological polar surface area (TPSA) is 45.7 Å². The summed E-state index contributed by atoms with van der Waals surface area (Å²) in [6, 6.07) is 22.5. The molecule has 0 saturated carbocycles. The fraction of sp³-hybridized carbons (Fsp3) is 0.259. The summed E-state index contributed by atoms with van der Waals surface area (Å²) < 4.78 is 5.24. The first-order valence-electron chi connectivity index (χ1n) is 11.3. The van der Waals surface area contributed by atoms with Crippen molar-refractivity contribution in [2.75, 3.05) is 33.3 Å². The highest BCUT2D eigenvalue weighted by Gasteiger charge is 2.22. The zero-order valence-corrected chi connectivity index (χ0v) is 19.6. The predicted octanol–water partition coefficient (Wildman–Crippen LogP) is 4.86. The summed E-state index contributed by atoms with van der Waals surface area (Å²) in [7, 11) is 1.67. The monoisotopic (exact) mass is 457 g/mol. The molecule has 4 aromatic rings. The third-order valence-corrected chi connectivity index (χ3v) is 7.08. The van der Waals surface area contributed by atoms with Crippen molar-refractivity contribution < 1.29 is 9.53 Å². The summed E-state index contributed by atoms with van der Waals surface area (Å²) in [5.41, 5.74) is 3.21. The molecule has 2 heterocycles. The van der Waals surface area contributed by atoms with Gasteiger partial charge in [-0.05, 0) is 40.6 Å². The van der Waals surface area contributed by atoms with Crippen LogP contribution in [0.5, 0.6) is 5.75 Å². The molecule has 0 radical (unpaired) electrons. The largest absolute Gasteiger partial charge is 0.497 e. The number of rotatable bonds is 6. The molecule has 0 bridgehead atoms. The van der Waals surface area contributed by atoms with E-state index in [1.807, 2.05) is 47.4 Å². The zero-order valence-electron chi connectivity index (χ0n) is 18.7. The Morgan fingerprint density at radius 1 is 0.970 bits per heavy atom. The van der Waals surface area contributed by atoms with Crippen molar-refractivity contribution in [3.63, 3.8) is 0 Å². The summed E-state index contributed by atoms with van der Waals surface area (Å²) in [6.45, 7) is 4.10. The molecule has 0 unspecified atom stereocenters. The van der Waals surface area contributed by atoms with E-state index in [9.17, 15) is 4.79 Å². The Hall–Kier alpha value is -3.22. The quantitative estimate of drug-likeness (QED) is 0.415. The zero-order chi connectivity index (χ0) is 22.6. The number of carbonyl (C=O) groups is 1. The number of amides is 1. The molecule has 168 valence electrons. The average molecular weight is 458 g/mol. The third-order valence-electron chi connectivity index (χ3n) is 6.24. The van der Waals surface area contributed by atoms with Crippen molar-refractivity contribution in [2.24, 2.45) is 0 Å². The molecule has 1 aliphatic rings. The lowest BCUT2D eigenvalue weighted by Gasteiger charge is -2.34. The number of aromatic nitrogens is 1. The molecule has 3 aromatic carbocycles. The van der Waals surface area contributed by atoms with Crippen LogP contribution in [0.15, 0.2) is 72.1 Å². The molecule has 1 aromatic heterocycles. The summed E-state index contributed by atoms with van der Waals surface area (Å²) in [5.74, 6) is 1.06. The minimum absolute atomic E-state index is 0.210. The van der Waals surface area contributed by atoms with Gasteiger partial charge in [0.05, 0.1) is 25.8 Å². The maximum atomic E-state index is 13.0. The van der Waals surface area contributed by atoms with Crippen molar-refractivity contribution in [1.82, 2.24) is 14.8 Å². The molecule has 1 aliphatic heterocycles. The van der Waals surface area contributed by atoms with Gasteiger partial charge in [-0.1, -0.05) is 42.5 Å². The van der Waals surface area contributed by atoms with Gasteiger partial charge in [0.25, 0.3) is 0 Å². The molecule has 1 amide bonds. The van der Waals surface area contributed by atoms with E-state index < -0.39 is 0 Å². The number of ether oxygens (including phenoxy) is 1. The van der Waals surface area contributed by atoms with E-state index >= 15 is 0 Å². The van der Waals surface area contributed by atoms with Crippen LogP contribution in [-0.2, 0) is 17.8 Å². The third kappa shape index (κ3) is 4.92. The summed E-state index contributed by atoms with van der Waals surface area (Å²) >= 11 is 1.69. The van der Waals surface area contributed by atoms with Gasteiger partial charge in [-0.25, -0.2) is 4.98 Å². The van der Waals surface area contributed by atoms with E-state index in [0.717, 1.165) is 60.3 Å². The van der Waals surface area contributed by atoms with Crippen LogP contribution < -0.4 is 4.74 Å². The van der Waals surface area contributed by atoms with Crippen molar-refractivity contribution in [2.45, 2.75) is 13.0 Å². The Morgan fingerprint density at radius 3 is 2.52 bits per heavy atom. The number of hydrogen-bond donors (Lipinski definition) is 0. The van der Waals surface area contributed by atoms with Gasteiger partial charge in [-0.3, -0.25) is 9.69 Å². The number of carbonyl (C=O) groups excluding carboxylic acids is 1. The molecular weight excluding hydrogens is 430 g/mol. The smallest absolute Gasteiger partial charge is 0.227 e. The van der Waals surface area contributed by atoms with E-state index in [4.69, 9.17) is 9.72 Å². The fourth-order valence-corrected chi connectivity index (χ4v) is 5.19. The Kier molecular flexibility index (Phi) is 6.37. The van der Waals surface area contributed by atoms with Gasteiger partial charge >= 0.3 is 0 Å². The Bertz CT molecular complexity index is 1240. The number of hydrogen-bond acceptors (Lipinski definition) is 5. The highest BCUT2D eigenvalue weighted by molar-refractivity contribution is 7.09. The molecule has 1 fully saturated rings. The standard InChI is InChI=1S/C27H27N3O2S/c1-32-23-11-9-21(10-12-23)25-19-33-26(28-25)18-29-13-15-30(16-14-29)27(31)17-22-7-4-6-20-5-2-3-8-24(20)22/h2-12,19H,13-18H2,1H3. The molecule has 0 atom stereocenters. The second kappa shape index (κ2) is 9.73. The molecule has 0 spiro atoms. The van der Waals surface area contributed by atoms with Crippen LogP contribution >= 0.6 is 11.3 Å². The maximum Gasteiger partial charge on any atom is 0.227 e. The Morgan fingerprint density at radius 2 is 1.73 bits per heavy atom. The molecule has 5 rings (SSSR count). The van der Waals surface area contributed by atoms with Gasteiger partial charge in [0.15, 0.2) is 0 Å². The van der Waals surface area contributed by atoms with E-state index in [0.29, 0.717) is 6.42 Å². The van der Waals surface area contributed by atoms with Crippen LogP contribution in [0.4, 0.5) is 0 Å². The first-order valence-corrected chi connectivity index (χ1v) is 12.1. The van der Waals surface area contributed by atoms with Crippen LogP contribution in [0.1, 0.15) is 10.6 Å². The normalized spacial score (nSPS) is 14.5. The molecule has 33 heavy (non-hydrogen) atoms. The van der Waals surface area contributed by atoms with Crippen LogP contribution in [0.25, 0.3) is 22.0 Å². The van der Waals surface area contributed by atoms with Gasteiger partial charge in [0.1, 0.15) is 10.8 Å². The maximum absolute atomic E-state index is 13.0.